The molecule has 0 saturated carbocycles. The van der Waals surface area contributed by atoms with Crippen LogP contribution in [0, 0.1) is 5.41 Å². The second-order valence-corrected chi connectivity index (χ2v) is 8.65. The lowest BCUT2D eigenvalue weighted by Gasteiger charge is -2.31. The molecule has 1 unspecified atom stereocenters. The summed E-state index contributed by atoms with van der Waals surface area (Å²) in [6.07, 6.45) is 0.392. The molecule has 0 aromatic heterocycles. The highest BCUT2D eigenvalue weighted by Crippen LogP contribution is 2.56. The summed E-state index contributed by atoms with van der Waals surface area (Å²) in [4.78, 5) is 9.74. The van der Waals surface area contributed by atoms with E-state index in [1.807, 2.05) is 41.5 Å². The van der Waals surface area contributed by atoms with E-state index in [-0.39, 0.29) is 5.41 Å². The Kier molecular flexibility index (Phi) is 3.21. The van der Waals surface area contributed by atoms with E-state index in [1.165, 1.54) is 0 Å². The van der Waals surface area contributed by atoms with Crippen molar-refractivity contribution in [3.63, 3.8) is 0 Å². The van der Waals surface area contributed by atoms with Gasteiger partial charge < -0.3 is 4.89 Å². The van der Waals surface area contributed by atoms with Gasteiger partial charge in [0.15, 0.2) is 0 Å². The Morgan fingerprint density at radius 3 is 1.50 bits per heavy atom. The summed E-state index contributed by atoms with van der Waals surface area (Å²) in [6.45, 7) is 11.4. The predicted octanol–water partition coefficient (Wildman–Crippen LogP) is 3.10. The first kappa shape index (κ1) is 12.2. The van der Waals surface area contributed by atoms with Crippen molar-refractivity contribution in [1.29, 1.82) is 0 Å². The lowest BCUT2D eigenvalue weighted by Crippen LogP contribution is -2.23. The quantitative estimate of drug-likeness (QED) is 0.648. The van der Waals surface area contributed by atoms with E-state index in [1.54, 1.807) is 0 Å². The van der Waals surface area contributed by atoms with Gasteiger partial charge >= 0.3 is 0 Å². The lowest BCUT2D eigenvalue weighted by atomic mass is 10.0. The second kappa shape index (κ2) is 3.16. The maximum atomic E-state index is 11.8. The molecule has 0 bridgehead atoms. The first-order valence-corrected chi connectivity index (χ1v) is 6.12. The molecule has 0 aliphatic rings. The first-order chi connectivity index (χ1) is 4.96. The number of hydrogen-bond acceptors (Lipinski definition) is 1. The largest absolute Gasteiger partial charge is 0.344 e. The monoisotopic (exact) mass is 192 g/mol. The molecule has 0 rings (SSSR count). The van der Waals surface area contributed by atoms with Crippen molar-refractivity contribution in [3.05, 3.63) is 0 Å². The molecule has 0 radical (unpaired) electrons. The van der Waals surface area contributed by atoms with Gasteiger partial charge in [-0.05, 0) is 5.41 Å². The zero-order chi connectivity index (χ0) is 10.2. The maximum Gasteiger partial charge on any atom is 0.206 e. The van der Waals surface area contributed by atoms with Crippen LogP contribution in [0.2, 0.25) is 0 Å². The average Bonchev–Trinajstić information content (AvgIpc) is 1.52. The third kappa shape index (κ3) is 3.73. The molecular formula is C9H21O2P. The standard InChI is InChI=1S/C9H21O2P/c1-8(2,3)7-12(10,11)9(4,5)6/h7H2,1-6H3,(H,10,11). The van der Waals surface area contributed by atoms with Crippen molar-refractivity contribution in [2.45, 2.75) is 46.7 Å². The third-order valence-corrected chi connectivity index (χ3v) is 5.21. The maximum absolute atomic E-state index is 11.8. The molecule has 1 atom stereocenters. The highest BCUT2D eigenvalue weighted by molar-refractivity contribution is 7.59. The topological polar surface area (TPSA) is 37.3 Å². The minimum absolute atomic E-state index is 0.0719. The van der Waals surface area contributed by atoms with E-state index in [0.29, 0.717) is 6.16 Å². The Morgan fingerprint density at radius 2 is 1.42 bits per heavy atom. The fraction of sp³-hybridized carbons (Fsp3) is 1.00. The van der Waals surface area contributed by atoms with Gasteiger partial charge in [0, 0.05) is 11.3 Å². The summed E-state index contributed by atoms with van der Waals surface area (Å²) in [6, 6.07) is 0. The van der Waals surface area contributed by atoms with E-state index in [0.717, 1.165) is 0 Å². The highest BCUT2D eigenvalue weighted by Gasteiger charge is 2.37. The van der Waals surface area contributed by atoms with Crippen molar-refractivity contribution in [1.82, 2.24) is 0 Å². The smallest absolute Gasteiger partial charge is 0.206 e. The second-order valence-electron chi connectivity index (χ2n) is 5.59. The van der Waals surface area contributed by atoms with Crippen LogP contribution in [-0.2, 0) is 4.57 Å². The summed E-state index contributed by atoms with van der Waals surface area (Å²) in [7, 11) is -3.00. The molecular weight excluding hydrogens is 171 g/mol. The van der Waals surface area contributed by atoms with Gasteiger partial charge in [0.05, 0.1) is 0 Å². The van der Waals surface area contributed by atoms with Gasteiger partial charge in [-0.2, -0.15) is 0 Å². The normalized spacial score (nSPS) is 18.9. The van der Waals surface area contributed by atoms with Crippen LogP contribution in [0.3, 0.4) is 0 Å². The van der Waals surface area contributed by atoms with Crippen molar-refractivity contribution < 1.29 is 9.46 Å². The molecule has 0 aromatic carbocycles. The highest BCUT2D eigenvalue weighted by atomic mass is 31.2. The van der Waals surface area contributed by atoms with Crippen molar-refractivity contribution in [2.24, 2.45) is 5.41 Å². The molecule has 3 heteroatoms. The van der Waals surface area contributed by atoms with Crippen LogP contribution in [0.25, 0.3) is 0 Å². The fourth-order valence-electron chi connectivity index (χ4n) is 0.880. The lowest BCUT2D eigenvalue weighted by molar-refractivity contribution is 0.397. The average molecular weight is 192 g/mol. The summed E-state index contributed by atoms with van der Waals surface area (Å²) in [5.41, 5.74) is -0.0719. The predicted molar refractivity (Wildman–Crippen MR) is 53.9 cm³/mol. The van der Waals surface area contributed by atoms with E-state index < -0.39 is 12.5 Å². The van der Waals surface area contributed by atoms with Gasteiger partial charge in [-0.3, -0.25) is 4.57 Å². The van der Waals surface area contributed by atoms with Gasteiger partial charge in [0.1, 0.15) is 0 Å². The van der Waals surface area contributed by atoms with Gasteiger partial charge in [-0.1, -0.05) is 41.5 Å². The molecule has 0 heterocycles. The minimum Gasteiger partial charge on any atom is -0.344 e. The van der Waals surface area contributed by atoms with Gasteiger partial charge in [-0.15, -0.1) is 0 Å². The molecule has 74 valence electrons. The molecule has 1 N–H and O–H groups in total. The zero-order valence-electron chi connectivity index (χ0n) is 9.01. The Morgan fingerprint density at radius 1 is 1.08 bits per heavy atom. The van der Waals surface area contributed by atoms with Crippen LogP contribution in [0.5, 0.6) is 0 Å². The molecule has 0 aliphatic carbocycles. The Hall–Kier alpha value is 0.190. The third-order valence-electron chi connectivity index (χ3n) is 1.74. The van der Waals surface area contributed by atoms with Crippen molar-refractivity contribution >= 4 is 7.37 Å². The van der Waals surface area contributed by atoms with Crippen LogP contribution in [-0.4, -0.2) is 16.2 Å². The molecule has 0 aromatic rings. The Labute approximate surface area is 75.8 Å². The molecule has 0 spiro atoms. The minimum atomic E-state index is -3.00. The van der Waals surface area contributed by atoms with E-state index in [4.69, 9.17) is 0 Å². The van der Waals surface area contributed by atoms with Gasteiger partial charge in [0.25, 0.3) is 0 Å². The van der Waals surface area contributed by atoms with Crippen molar-refractivity contribution in [2.75, 3.05) is 6.16 Å². The summed E-state index contributed by atoms with van der Waals surface area (Å²) in [5, 5.41) is -0.486. The van der Waals surface area contributed by atoms with Crippen LogP contribution in [0.4, 0.5) is 0 Å². The molecule has 12 heavy (non-hydrogen) atoms. The van der Waals surface area contributed by atoms with Crippen LogP contribution in [0.15, 0.2) is 0 Å². The van der Waals surface area contributed by atoms with E-state index in [2.05, 4.69) is 0 Å². The zero-order valence-corrected chi connectivity index (χ0v) is 9.90. The molecule has 0 aliphatic heterocycles. The summed E-state index contributed by atoms with van der Waals surface area (Å²) in [5.74, 6) is 0. The Bertz CT molecular complexity index is 196. The number of hydrogen-bond donors (Lipinski definition) is 1. The molecule has 0 amide bonds. The molecule has 0 saturated heterocycles. The molecule has 0 fully saturated rings. The van der Waals surface area contributed by atoms with Gasteiger partial charge in [-0.25, -0.2) is 0 Å². The van der Waals surface area contributed by atoms with E-state index in [9.17, 15) is 9.46 Å². The van der Waals surface area contributed by atoms with Crippen molar-refractivity contribution in [3.8, 4) is 0 Å². The fourth-order valence-corrected chi connectivity index (χ4v) is 2.64. The Balaban J connectivity index is 4.57. The van der Waals surface area contributed by atoms with Crippen LogP contribution >= 0.6 is 7.37 Å². The van der Waals surface area contributed by atoms with Crippen LogP contribution < -0.4 is 0 Å². The van der Waals surface area contributed by atoms with Gasteiger partial charge in [0.2, 0.25) is 7.37 Å². The molecule has 2 nitrogen and oxygen atoms in total. The SMILES string of the molecule is CC(C)(C)CP(=O)(O)C(C)(C)C. The number of rotatable bonds is 1. The first-order valence-electron chi connectivity index (χ1n) is 4.28. The summed E-state index contributed by atoms with van der Waals surface area (Å²) < 4.78 is 11.8. The van der Waals surface area contributed by atoms with E-state index >= 15 is 0 Å². The van der Waals surface area contributed by atoms with Crippen LogP contribution in [0.1, 0.15) is 41.5 Å². The summed E-state index contributed by atoms with van der Waals surface area (Å²) >= 11 is 0.